The molecular weight excluding hydrogens is 307 g/mol. The van der Waals surface area contributed by atoms with E-state index in [2.05, 4.69) is 20.3 Å². The summed E-state index contributed by atoms with van der Waals surface area (Å²) in [6, 6.07) is 4.34. The molecule has 0 aliphatic rings. The Kier molecular flexibility index (Phi) is 4.45. The number of fused-ring (bicyclic) bond motifs is 1. The largest absolute Gasteiger partial charge is 0.456 e. The number of rotatable bonds is 4. The van der Waals surface area contributed by atoms with Crippen LogP contribution in [0.25, 0.3) is 11.0 Å². The third-order valence-electron chi connectivity index (χ3n) is 3.47. The number of aliphatic imine (C=N–C) groups is 2. The van der Waals surface area contributed by atoms with Crippen molar-refractivity contribution < 1.29 is 8.81 Å². The van der Waals surface area contributed by atoms with E-state index in [0.717, 1.165) is 5.56 Å². The highest BCUT2D eigenvalue weighted by Crippen LogP contribution is 2.41. The summed E-state index contributed by atoms with van der Waals surface area (Å²) in [6.07, 6.45) is 0. The van der Waals surface area contributed by atoms with Crippen molar-refractivity contribution in [2.45, 2.75) is 26.4 Å². The SMILES string of the molecule is Cc1c(C(N=C=S)(N=C=S)C(C)C)oc2ccc(F)cc12. The maximum Gasteiger partial charge on any atom is 0.229 e. The van der Waals surface area contributed by atoms with Gasteiger partial charge in [0.1, 0.15) is 11.4 Å². The van der Waals surface area contributed by atoms with Gasteiger partial charge in [0.15, 0.2) is 5.76 Å². The van der Waals surface area contributed by atoms with Gasteiger partial charge in [-0.15, -0.1) is 0 Å². The van der Waals surface area contributed by atoms with E-state index in [0.29, 0.717) is 16.7 Å². The fourth-order valence-corrected chi connectivity index (χ4v) is 2.61. The minimum atomic E-state index is -1.12. The van der Waals surface area contributed by atoms with Crippen molar-refractivity contribution in [3.63, 3.8) is 0 Å². The molecule has 2 aromatic rings. The fraction of sp³-hybridized carbons (Fsp3) is 0.333. The zero-order chi connectivity index (χ0) is 15.6. The van der Waals surface area contributed by atoms with Crippen LogP contribution in [0.3, 0.4) is 0 Å². The van der Waals surface area contributed by atoms with E-state index in [9.17, 15) is 4.39 Å². The minimum Gasteiger partial charge on any atom is -0.456 e. The van der Waals surface area contributed by atoms with Gasteiger partial charge in [0.2, 0.25) is 5.66 Å². The predicted octanol–water partition coefficient (Wildman–Crippen LogP) is 4.89. The molecule has 0 bridgehead atoms. The minimum absolute atomic E-state index is 0.0903. The van der Waals surface area contributed by atoms with Crippen LogP contribution in [0.2, 0.25) is 0 Å². The molecular formula is C15H13FN2OS2. The van der Waals surface area contributed by atoms with Crippen LogP contribution in [0.1, 0.15) is 25.2 Å². The van der Waals surface area contributed by atoms with E-state index in [4.69, 9.17) is 28.9 Å². The molecule has 2 rings (SSSR count). The molecule has 0 aliphatic carbocycles. The summed E-state index contributed by atoms with van der Waals surface area (Å²) in [6.45, 7) is 5.66. The van der Waals surface area contributed by atoms with Gasteiger partial charge in [-0.2, -0.15) is 9.98 Å². The van der Waals surface area contributed by atoms with Crippen LogP contribution in [-0.2, 0) is 5.66 Å². The Hall–Kier alpha value is -1.71. The lowest BCUT2D eigenvalue weighted by Crippen LogP contribution is -2.28. The Morgan fingerprint density at radius 2 is 1.86 bits per heavy atom. The molecule has 0 spiro atoms. The van der Waals surface area contributed by atoms with Crippen LogP contribution in [0.15, 0.2) is 32.6 Å². The highest BCUT2D eigenvalue weighted by molar-refractivity contribution is 7.78. The first-order valence-corrected chi connectivity index (χ1v) is 7.15. The molecule has 0 N–H and O–H groups in total. The number of furan rings is 1. The molecule has 0 aliphatic heterocycles. The third kappa shape index (κ3) is 2.59. The Morgan fingerprint density at radius 3 is 2.38 bits per heavy atom. The van der Waals surface area contributed by atoms with E-state index in [1.54, 1.807) is 6.07 Å². The molecule has 21 heavy (non-hydrogen) atoms. The van der Waals surface area contributed by atoms with E-state index >= 15 is 0 Å². The maximum absolute atomic E-state index is 13.4. The van der Waals surface area contributed by atoms with Gasteiger partial charge in [0, 0.05) is 16.9 Å². The topological polar surface area (TPSA) is 37.9 Å². The van der Waals surface area contributed by atoms with Gasteiger partial charge in [-0.25, -0.2) is 4.39 Å². The Balaban J connectivity index is 2.85. The fourth-order valence-electron chi connectivity index (χ4n) is 2.33. The van der Waals surface area contributed by atoms with E-state index in [1.165, 1.54) is 12.1 Å². The Labute approximate surface area is 132 Å². The van der Waals surface area contributed by atoms with E-state index < -0.39 is 5.66 Å². The molecule has 108 valence electrons. The monoisotopic (exact) mass is 320 g/mol. The van der Waals surface area contributed by atoms with Crippen molar-refractivity contribution >= 4 is 45.7 Å². The van der Waals surface area contributed by atoms with Gasteiger partial charge in [-0.05, 0) is 49.6 Å². The predicted molar refractivity (Wildman–Crippen MR) is 87.5 cm³/mol. The van der Waals surface area contributed by atoms with Crippen molar-refractivity contribution in [1.29, 1.82) is 0 Å². The number of hydrogen-bond donors (Lipinski definition) is 0. The molecule has 1 heterocycles. The molecule has 0 radical (unpaired) electrons. The molecule has 0 saturated carbocycles. The van der Waals surface area contributed by atoms with Gasteiger partial charge in [-0.3, -0.25) is 0 Å². The first-order valence-electron chi connectivity index (χ1n) is 6.33. The van der Waals surface area contributed by atoms with E-state index in [1.807, 2.05) is 20.8 Å². The zero-order valence-corrected chi connectivity index (χ0v) is 13.4. The number of isothiocyanates is 2. The molecule has 3 nitrogen and oxygen atoms in total. The average molecular weight is 320 g/mol. The van der Waals surface area contributed by atoms with Crippen molar-refractivity contribution in [3.8, 4) is 0 Å². The lowest BCUT2D eigenvalue weighted by molar-refractivity contribution is 0.281. The quantitative estimate of drug-likeness (QED) is 0.594. The maximum atomic E-state index is 13.4. The summed E-state index contributed by atoms with van der Waals surface area (Å²) < 4.78 is 19.3. The van der Waals surface area contributed by atoms with Gasteiger partial charge >= 0.3 is 0 Å². The second-order valence-electron chi connectivity index (χ2n) is 4.98. The molecule has 0 amide bonds. The number of halogens is 1. The summed E-state index contributed by atoms with van der Waals surface area (Å²) in [4.78, 5) is 8.35. The molecule has 6 heteroatoms. The van der Waals surface area contributed by atoms with Crippen molar-refractivity contribution in [2.24, 2.45) is 15.9 Å². The molecule has 1 aromatic carbocycles. The number of hydrogen-bond acceptors (Lipinski definition) is 5. The van der Waals surface area contributed by atoms with Crippen LogP contribution in [-0.4, -0.2) is 10.3 Å². The highest BCUT2D eigenvalue weighted by Gasteiger charge is 2.40. The van der Waals surface area contributed by atoms with Crippen LogP contribution >= 0.6 is 24.4 Å². The molecule has 0 saturated heterocycles. The molecule has 0 fully saturated rings. The highest BCUT2D eigenvalue weighted by atomic mass is 32.1. The number of nitrogens with zero attached hydrogens (tertiary/aromatic N) is 2. The van der Waals surface area contributed by atoms with Crippen LogP contribution < -0.4 is 0 Å². The zero-order valence-electron chi connectivity index (χ0n) is 11.8. The second-order valence-corrected chi connectivity index (χ2v) is 5.35. The average Bonchev–Trinajstić information content (AvgIpc) is 2.76. The van der Waals surface area contributed by atoms with Crippen LogP contribution in [0.5, 0.6) is 0 Å². The normalized spacial score (nSPS) is 13.6. The summed E-state index contributed by atoms with van der Waals surface area (Å²) >= 11 is 9.48. The molecule has 0 unspecified atom stereocenters. The third-order valence-corrected chi connectivity index (χ3v) is 3.65. The van der Waals surface area contributed by atoms with Crippen LogP contribution in [0.4, 0.5) is 4.39 Å². The first-order chi connectivity index (χ1) is 9.96. The van der Waals surface area contributed by atoms with Gasteiger partial charge < -0.3 is 4.42 Å². The van der Waals surface area contributed by atoms with Crippen molar-refractivity contribution in [1.82, 2.24) is 0 Å². The van der Waals surface area contributed by atoms with Crippen LogP contribution in [0, 0.1) is 18.7 Å². The summed E-state index contributed by atoms with van der Waals surface area (Å²) in [5.41, 5.74) is 0.192. The number of aryl methyl sites for hydroxylation is 1. The Bertz CT molecular complexity index is 766. The van der Waals surface area contributed by atoms with Crippen molar-refractivity contribution in [3.05, 3.63) is 35.3 Å². The molecule has 1 aromatic heterocycles. The first kappa shape index (κ1) is 15.7. The Morgan fingerprint density at radius 1 is 1.24 bits per heavy atom. The molecule has 0 atom stereocenters. The van der Waals surface area contributed by atoms with Gasteiger partial charge in [0.25, 0.3) is 0 Å². The van der Waals surface area contributed by atoms with Crippen molar-refractivity contribution in [2.75, 3.05) is 0 Å². The lowest BCUT2D eigenvalue weighted by atomic mass is 9.91. The van der Waals surface area contributed by atoms with Gasteiger partial charge in [0.05, 0.1) is 10.3 Å². The summed E-state index contributed by atoms with van der Waals surface area (Å²) in [7, 11) is 0. The van der Waals surface area contributed by atoms with E-state index in [-0.39, 0.29) is 11.7 Å². The standard InChI is InChI=1S/C15H13FN2OS2/c1-9(2)15(17-7-20,18-8-21)14-10(3)12-6-11(16)4-5-13(12)19-14/h4-6,9H,1-3H3. The number of benzene rings is 1. The smallest absolute Gasteiger partial charge is 0.229 e. The summed E-state index contributed by atoms with van der Waals surface area (Å²) in [5, 5.41) is 5.38. The number of thiocarbonyl (C=S) groups is 2. The summed E-state index contributed by atoms with van der Waals surface area (Å²) in [5.74, 6) is 0.0603. The second kappa shape index (κ2) is 5.96. The van der Waals surface area contributed by atoms with Gasteiger partial charge in [-0.1, -0.05) is 13.8 Å². The lowest BCUT2D eigenvalue weighted by Gasteiger charge is -2.25.